The zero-order valence-corrected chi connectivity index (χ0v) is 57.7. The van der Waals surface area contributed by atoms with E-state index in [-0.39, 0.29) is 25.7 Å². The molecule has 86 heavy (non-hydrogen) atoms. The fourth-order valence-electron chi connectivity index (χ4n) is 9.96. The molecule has 0 bridgehead atoms. The molecule has 0 aliphatic rings. The summed E-state index contributed by atoms with van der Waals surface area (Å²) in [5.74, 6) is 0.767. The summed E-state index contributed by atoms with van der Waals surface area (Å²) < 4.78 is 68.1. The molecular formula is C67H130O17P2. The lowest BCUT2D eigenvalue weighted by Crippen LogP contribution is -2.30. The zero-order valence-electron chi connectivity index (χ0n) is 55.9. The van der Waals surface area contributed by atoms with E-state index in [1.165, 1.54) is 122 Å². The largest absolute Gasteiger partial charge is 0.472 e. The highest BCUT2D eigenvalue weighted by atomic mass is 31.2. The highest BCUT2D eigenvalue weighted by molar-refractivity contribution is 7.47. The number of hydrogen-bond acceptors (Lipinski definition) is 15. The molecule has 3 N–H and O–H groups in total. The first kappa shape index (κ1) is 84.1. The summed E-state index contributed by atoms with van der Waals surface area (Å²) in [6.07, 6.45) is 37.8. The number of carbonyl (C=O) groups is 4. The highest BCUT2D eigenvalue weighted by Crippen LogP contribution is 2.45. The molecule has 0 saturated carbocycles. The lowest BCUT2D eigenvalue weighted by molar-refractivity contribution is -0.161. The fraction of sp³-hybridized carbons (Fsp3) is 0.940. The maximum atomic E-state index is 13.0. The van der Waals surface area contributed by atoms with Crippen molar-refractivity contribution >= 4 is 39.5 Å². The number of hydrogen-bond donors (Lipinski definition) is 3. The molecule has 0 fully saturated rings. The van der Waals surface area contributed by atoms with Gasteiger partial charge in [0.2, 0.25) is 0 Å². The van der Waals surface area contributed by atoms with E-state index in [1.54, 1.807) is 0 Å². The Kier molecular flexibility index (Phi) is 55.7. The summed E-state index contributed by atoms with van der Waals surface area (Å²) >= 11 is 0. The van der Waals surface area contributed by atoms with Gasteiger partial charge in [0.25, 0.3) is 0 Å². The molecule has 0 spiro atoms. The Hall–Kier alpha value is -1.94. The topological polar surface area (TPSA) is 237 Å². The Bertz CT molecular complexity index is 1710. The maximum absolute atomic E-state index is 13.0. The van der Waals surface area contributed by atoms with Crippen molar-refractivity contribution in [2.75, 3.05) is 39.6 Å². The summed E-state index contributed by atoms with van der Waals surface area (Å²) in [6, 6.07) is 0. The molecule has 0 aromatic carbocycles. The van der Waals surface area contributed by atoms with Crippen LogP contribution in [0.4, 0.5) is 0 Å². The number of unbranched alkanes of at least 4 members (excludes halogenated alkanes) is 30. The van der Waals surface area contributed by atoms with Gasteiger partial charge in [-0.05, 0) is 49.4 Å². The third-order valence-corrected chi connectivity index (χ3v) is 17.2. The van der Waals surface area contributed by atoms with Crippen LogP contribution in [-0.2, 0) is 65.4 Å². The number of esters is 4. The number of aliphatic hydroxyl groups excluding tert-OH is 1. The number of carbonyl (C=O) groups excluding carboxylic acids is 4. The van der Waals surface area contributed by atoms with Gasteiger partial charge in [0, 0.05) is 25.7 Å². The van der Waals surface area contributed by atoms with Crippen LogP contribution in [0.2, 0.25) is 0 Å². The molecule has 0 heterocycles. The van der Waals surface area contributed by atoms with E-state index in [1.807, 2.05) is 0 Å². The van der Waals surface area contributed by atoms with Gasteiger partial charge in [0.15, 0.2) is 12.2 Å². The Balaban J connectivity index is 5.25. The predicted octanol–water partition coefficient (Wildman–Crippen LogP) is 18.5. The highest BCUT2D eigenvalue weighted by Gasteiger charge is 2.30. The van der Waals surface area contributed by atoms with Crippen molar-refractivity contribution in [2.24, 2.45) is 23.7 Å². The summed E-state index contributed by atoms with van der Waals surface area (Å²) in [5, 5.41) is 10.6. The third kappa shape index (κ3) is 60.9. The van der Waals surface area contributed by atoms with Crippen molar-refractivity contribution in [2.45, 2.75) is 343 Å². The minimum Gasteiger partial charge on any atom is -0.462 e. The molecule has 0 aromatic rings. The molecule has 510 valence electrons. The molecule has 0 saturated heterocycles. The Morgan fingerprint density at radius 3 is 0.721 bits per heavy atom. The van der Waals surface area contributed by atoms with Gasteiger partial charge in [-0.25, -0.2) is 9.13 Å². The van der Waals surface area contributed by atoms with Gasteiger partial charge >= 0.3 is 39.5 Å². The average molecular weight is 1270 g/mol. The van der Waals surface area contributed by atoms with Crippen molar-refractivity contribution in [1.29, 1.82) is 0 Å². The lowest BCUT2D eigenvalue weighted by Gasteiger charge is -2.21. The van der Waals surface area contributed by atoms with Gasteiger partial charge in [-0.3, -0.25) is 37.3 Å². The quantitative estimate of drug-likeness (QED) is 0.0222. The Morgan fingerprint density at radius 1 is 0.291 bits per heavy atom. The summed E-state index contributed by atoms with van der Waals surface area (Å²) in [5.41, 5.74) is 0. The first-order valence-corrected chi connectivity index (χ1v) is 37.7. The normalized spacial score (nSPS) is 14.4. The van der Waals surface area contributed by atoms with Gasteiger partial charge in [-0.2, -0.15) is 0 Å². The van der Waals surface area contributed by atoms with E-state index in [4.69, 9.17) is 37.0 Å². The summed E-state index contributed by atoms with van der Waals surface area (Å²) in [4.78, 5) is 72.3. The van der Waals surface area contributed by atoms with E-state index in [0.29, 0.717) is 37.5 Å². The first-order chi connectivity index (χ1) is 41.1. The van der Waals surface area contributed by atoms with Crippen molar-refractivity contribution in [3.05, 3.63) is 0 Å². The van der Waals surface area contributed by atoms with E-state index < -0.39 is 97.5 Å². The number of aliphatic hydroxyl groups is 1. The summed E-state index contributed by atoms with van der Waals surface area (Å²) in [6.45, 7) is 14.0. The molecule has 0 rings (SSSR count). The van der Waals surface area contributed by atoms with E-state index >= 15 is 0 Å². The molecule has 5 atom stereocenters. The number of phosphoric acid groups is 2. The van der Waals surface area contributed by atoms with E-state index in [9.17, 15) is 43.2 Å². The van der Waals surface area contributed by atoms with Crippen LogP contribution in [0, 0.1) is 23.7 Å². The molecular weight excluding hydrogens is 1140 g/mol. The smallest absolute Gasteiger partial charge is 0.462 e. The second kappa shape index (κ2) is 57.0. The van der Waals surface area contributed by atoms with Crippen LogP contribution < -0.4 is 0 Å². The standard InChI is InChI=1S/C67H130O17P2/c1-57(2)43-35-27-19-13-11-9-10-12-14-24-33-41-49-66(71)83-62(53-77-64(69)47-39-31-23-16-15-20-28-36-44-58(3)4)55-81-85(73,74)79-51-61(68)52-80-86(75,76)82-56-63(84-67(72)50-42-34-26-18-22-30-38-46-60(7)8)54-78-65(70)48-40-32-25-17-21-29-37-45-59(5)6/h57-63,68H,9-56H2,1-8H3,(H,73,74)(H,75,76)/t61?,62-,63-/m1/s1. The van der Waals surface area contributed by atoms with Crippen molar-refractivity contribution in [1.82, 2.24) is 0 Å². The SMILES string of the molecule is CC(C)CCCCCCCCCCCCCCC(=O)O[C@H](COC(=O)CCCCCCCCCCC(C)C)COP(=O)(O)OCC(O)COP(=O)(O)OC[C@@H](COC(=O)CCCCCCCCCC(C)C)OC(=O)CCCCCCCCCC(C)C. The van der Waals surface area contributed by atoms with Crippen LogP contribution in [0.5, 0.6) is 0 Å². The molecule has 0 aliphatic heterocycles. The van der Waals surface area contributed by atoms with Gasteiger partial charge in [0.1, 0.15) is 19.3 Å². The fourth-order valence-corrected chi connectivity index (χ4v) is 11.5. The van der Waals surface area contributed by atoms with Gasteiger partial charge in [-0.15, -0.1) is 0 Å². The van der Waals surface area contributed by atoms with Crippen LogP contribution in [0.1, 0.15) is 325 Å². The van der Waals surface area contributed by atoms with Gasteiger partial charge < -0.3 is 33.8 Å². The molecule has 17 nitrogen and oxygen atoms in total. The first-order valence-electron chi connectivity index (χ1n) is 34.7. The number of ether oxygens (including phenoxy) is 4. The van der Waals surface area contributed by atoms with Crippen molar-refractivity contribution in [3.8, 4) is 0 Å². The van der Waals surface area contributed by atoms with Crippen LogP contribution >= 0.6 is 15.6 Å². The Morgan fingerprint density at radius 2 is 0.488 bits per heavy atom. The predicted molar refractivity (Wildman–Crippen MR) is 344 cm³/mol. The van der Waals surface area contributed by atoms with E-state index in [2.05, 4.69) is 55.4 Å². The maximum Gasteiger partial charge on any atom is 0.472 e. The third-order valence-electron chi connectivity index (χ3n) is 15.3. The average Bonchev–Trinajstić information content (AvgIpc) is 3.57. The molecule has 19 heteroatoms. The minimum atomic E-state index is -4.95. The van der Waals surface area contributed by atoms with Crippen LogP contribution in [0.15, 0.2) is 0 Å². The second-order valence-corrected chi connectivity index (χ2v) is 29.0. The second-order valence-electron chi connectivity index (χ2n) is 26.1. The molecule has 3 unspecified atom stereocenters. The van der Waals surface area contributed by atoms with Crippen molar-refractivity contribution < 1.29 is 80.2 Å². The van der Waals surface area contributed by atoms with Crippen molar-refractivity contribution in [3.63, 3.8) is 0 Å². The van der Waals surface area contributed by atoms with Crippen LogP contribution in [-0.4, -0.2) is 96.7 Å². The van der Waals surface area contributed by atoms with Crippen LogP contribution in [0.3, 0.4) is 0 Å². The monoisotopic (exact) mass is 1270 g/mol. The van der Waals surface area contributed by atoms with E-state index in [0.717, 1.165) is 108 Å². The van der Waals surface area contributed by atoms with Gasteiger partial charge in [0.05, 0.1) is 26.4 Å². The molecule has 0 aromatic heterocycles. The van der Waals surface area contributed by atoms with Gasteiger partial charge in [-0.1, -0.05) is 274 Å². The number of rotatable bonds is 64. The van der Waals surface area contributed by atoms with Crippen LogP contribution in [0.25, 0.3) is 0 Å². The number of phosphoric ester groups is 2. The summed E-state index contributed by atoms with van der Waals surface area (Å²) in [7, 11) is -9.90. The lowest BCUT2D eigenvalue weighted by atomic mass is 10.0. The minimum absolute atomic E-state index is 0.102. The Labute approximate surface area is 524 Å². The molecule has 0 amide bonds. The molecule has 0 radical (unpaired) electrons. The molecule has 0 aliphatic carbocycles. The zero-order chi connectivity index (χ0) is 63.9.